The van der Waals surface area contributed by atoms with Crippen LogP contribution in [0.25, 0.3) is 10.9 Å². The molecule has 0 amide bonds. The minimum absolute atomic E-state index is 0.129. The van der Waals surface area contributed by atoms with Gasteiger partial charge in [0.25, 0.3) is 5.69 Å². The molecule has 3 aromatic rings. The number of hydrogen-bond acceptors (Lipinski definition) is 2. The summed E-state index contributed by atoms with van der Waals surface area (Å²) in [5.74, 6) is 0. The standard InChI is InChI=1S/C17H16N2O2/c1-12-4-3-5-13(2)16(12)11-18-9-8-14-6-7-15(19(20)21)10-17(14)18/h3-10H,11H2,1-2H3. The summed E-state index contributed by atoms with van der Waals surface area (Å²) in [6, 6.07) is 13.2. The molecule has 1 aromatic heterocycles. The Balaban J connectivity index is 2.08. The molecule has 4 heteroatoms. The molecule has 0 aliphatic rings. The van der Waals surface area contributed by atoms with Crippen LogP contribution in [0.5, 0.6) is 0 Å². The zero-order valence-corrected chi connectivity index (χ0v) is 12.0. The lowest BCUT2D eigenvalue weighted by molar-refractivity contribution is -0.384. The monoisotopic (exact) mass is 280 g/mol. The van der Waals surface area contributed by atoms with Crippen molar-refractivity contribution in [1.29, 1.82) is 0 Å². The van der Waals surface area contributed by atoms with Crippen LogP contribution >= 0.6 is 0 Å². The first kappa shape index (κ1) is 13.4. The van der Waals surface area contributed by atoms with Crippen molar-refractivity contribution < 1.29 is 4.92 Å². The highest BCUT2D eigenvalue weighted by Crippen LogP contribution is 2.24. The van der Waals surface area contributed by atoms with E-state index in [9.17, 15) is 10.1 Å². The van der Waals surface area contributed by atoms with Crippen LogP contribution in [0.3, 0.4) is 0 Å². The van der Waals surface area contributed by atoms with E-state index in [0.29, 0.717) is 0 Å². The van der Waals surface area contributed by atoms with E-state index in [1.165, 1.54) is 16.7 Å². The average Bonchev–Trinajstić information content (AvgIpc) is 2.85. The molecule has 0 radical (unpaired) electrons. The van der Waals surface area contributed by atoms with Gasteiger partial charge >= 0.3 is 0 Å². The van der Waals surface area contributed by atoms with E-state index in [0.717, 1.165) is 17.4 Å². The van der Waals surface area contributed by atoms with E-state index in [1.807, 2.05) is 18.3 Å². The highest BCUT2D eigenvalue weighted by molar-refractivity contribution is 5.82. The van der Waals surface area contributed by atoms with Crippen molar-refractivity contribution in [1.82, 2.24) is 4.57 Å². The molecule has 0 unspecified atom stereocenters. The SMILES string of the molecule is Cc1cccc(C)c1Cn1ccc2ccc([N+](=O)[O-])cc21. The van der Waals surface area contributed by atoms with Gasteiger partial charge in [-0.05, 0) is 42.7 Å². The molecule has 0 fully saturated rings. The summed E-state index contributed by atoms with van der Waals surface area (Å²) < 4.78 is 2.07. The van der Waals surface area contributed by atoms with Gasteiger partial charge in [-0.1, -0.05) is 18.2 Å². The molecule has 0 aliphatic carbocycles. The van der Waals surface area contributed by atoms with E-state index in [4.69, 9.17) is 0 Å². The number of benzene rings is 2. The van der Waals surface area contributed by atoms with Crippen LogP contribution in [0.15, 0.2) is 48.7 Å². The number of fused-ring (bicyclic) bond motifs is 1. The molecule has 0 atom stereocenters. The molecule has 0 bridgehead atoms. The fraction of sp³-hybridized carbons (Fsp3) is 0.176. The number of rotatable bonds is 3. The lowest BCUT2D eigenvalue weighted by Gasteiger charge is -2.11. The van der Waals surface area contributed by atoms with Gasteiger partial charge in [0.2, 0.25) is 0 Å². The van der Waals surface area contributed by atoms with Crippen molar-refractivity contribution in [3.8, 4) is 0 Å². The summed E-state index contributed by atoms with van der Waals surface area (Å²) >= 11 is 0. The molecule has 0 spiro atoms. The van der Waals surface area contributed by atoms with Crippen molar-refractivity contribution in [2.24, 2.45) is 0 Å². The Labute approximate surface area is 122 Å². The van der Waals surface area contributed by atoms with Crippen LogP contribution in [-0.4, -0.2) is 9.49 Å². The fourth-order valence-corrected chi connectivity index (χ4v) is 2.69. The Hall–Kier alpha value is -2.62. The van der Waals surface area contributed by atoms with Gasteiger partial charge in [0, 0.05) is 30.3 Å². The summed E-state index contributed by atoms with van der Waals surface area (Å²) in [6.07, 6.45) is 1.99. The maximum atomic E-state index is 10.9. The number of non-ortho nitro benzene ring substituents is 1. The quantitative estimate of drug-likeness (QED) is 0.533. The van der Waals surface area contributed by atoms with Gasteiger partial charge in [0.05, 0.1) is 10.4 Å². The second-order valence-corrected chi connectivity index (χ2v) is 5.31. The summed E-state index contributed by atoms with van der Waals surface area (Å²) in [5, 5.41) is 12.0. The van der Waals surface area contributed by atoms with E-state index in [-0.39, 0.29) is 10.6 Å². The van der Waals surface area contributed by atoms with E-state index in [1.54, 1.807) is 18.2 Å². The van der Waals surface area contributed by atoms with Gasteiger partial charge in [0.1, 0.15) is 0 Å². The van der Waals surface area contributed by atoms with Crippen molar-refractivity contribution in [2.75, 3.05) is 0 Å². The molecule has 0 saturated heterocycles. The fourth-order valence-electron chi connectivity index (χ4n) is 2.69. The van der Waals surface area contributed by atoms with Crippen LogP contribution in [0.4, 0.5) is 5.69 Å². The maximum Gasteiger partial charge on any atom is 0.271 e. The van der Waals surface area contributed by atoms with E-state index >= 15 is 0 Å². The number of aromatic nitrogens is 1. The van der Waals surface area contributed by atoms with Crippen molar-refractivity contribution >= 4 is 16.6 Å². The Kier molecular flexibility index (Phi) is 3.22. The Morgan fingerprint density at radius 1 is 1.10 bits per heavy atom. The normalized spacial score (nSPS) is 11.0. The highest BCUT2D eigenvalue weighted by Gasteiger charge is 2.10. The summed E-state index contributed by atoms with van der Waals surface area (Å²) in [7, 11) is 0. The number of nitro groups is 1. The lowest BCUT2D eigenvalue weighted by Crippen LogP contribution is -2.02. The Bertz CT molecular complexity index is 814. The number of hydrogen-bond donors (Lipinski definition) is 0. The smallest absolute Gasteiger partial charge is 0.271 e. The molecule has 0 N–H and O–H groups in total. The summed E-state index contributed by atoms with van der Waals surface area (Å²) in [6.45, 7) is 4.91. The van der Waals surface area contributed by atoms with Gasteiger partial charge in [0.15, 0.2) is 0 Å². The largest absolute Gasteiger partial charge is 0.343 e. The zero-order chi connectivity index (χ0) is 15.0. The Morgan fingerprint density at radius 3 is 2.48 bits per heavy atom. The van der Waals surface area contributed by atoms with Crippen LogP contribution in [0, 0.1) is 24.0 Å². The third-order valence-electron chi connectivity index (χ3n) is 3.94. The van der Waals surface area contributed by atoms with E-state index < -0.39 is 0 Å². The molecule has 1 heterocycles. The second-order valence-electron chi connectivity index (χ2n) is 5.31. The zero-order valence-electron chi connectivity index (χ0n) is 12.0. The second kappa shape index (κ2) is 5.05. The minimum atomic E-state index is -0.351. The third-order valence-corrected chi connectivity index (χ3v) is 3.94. The predicted octanol–water partition coefficient (Wildman–Crippen LogP) is 4.21. The molecule has 106 valence electrons. The van der Waals surface area contributed by atoms with Gasteiger partial charge < -0.3 is 4.57 Å². The first-order valence-electron chi connectivity index (χ1n) is 6.84. The molecule has 4 nitrogen and oxygen atoms in total. The topological polar surface area (TPSA) is 48.1 Å². The van der Waals surface area contributed by atoms with Gasteiger partial charge in [-0.3, -0.25) is 10.1 Å². The average molecular weight is 280 g/mol. The maximum absolute atomic E-state index is 10.9. The molecular formula is C17H16N2O2. The third kappa shape index (κ3) is 2.40. The molecule has 2 aromatic carbocycles. The van der Waals surface area contributed by atoms with E-state index in [2.05, 4.69) is 30.5 Å². The van der Waals surface area contributed by atoms with Gasteiger partial charge in [-0.2, -0.15) is 0 Å². The highest BCUT2D eigenvalue weighted by atomic mass is 16.6. The lowest BCUT2D eigenvalue weighted by atomic mass is 10.0. The van der Waals surface area contributed by atoms with Crippen LogP contribution < -0.4 is 0 Å². The minimum Gasteiger partial charge on any atom is -0.343 e. The van der Waals surface area contributed by atoms with Crippen molar-refractivity contribution in [3.05, 3.63) is 75.5 Å². The molecule has 0 aliphatic heterocycles. The first-order chi connectivity index (χ1) is 10.1. The summed E-state index contributed by atoms with van der Waals surface area (Å²) in [4.78, 5) is 10.6. The van der Waals surface area contributed by atoms with Crippen LogP contribution in [0.2, 0.25) is 0 Å². The van der Waals surface area contributed by atoms with Crippen molar-refractivity contribution in [3.63, 3.8) is 0 Å². The van der Waals surface area contributed by atoms with Gasteiger partial charge in [-0.25, -0.2) is 0 Å². The van der Waals surface area contributed by atoms with Crippen molar-refractivity contribution in [2.45, 2.75) is 20.4 Å². The Morgan fingerprint density at radius 2 is 1.81 bits per heavy atom. The first-order valence-corrected chi connectivity index (χ1v) is 6.84. The number of aryl methyl sites for hydroxylation is 2. The number of nitrogens with zero attached hydrogens (tertiary/aromatic N) is 2. The van der Waals surface area contributed by atoms with Crippen LogP contribution in [0.1, 0.15) is 16.7 Å². The molecule has 0 saturated carbocycles. The molecular weight excluding hydrogens is 264 g/mol. The molecule has 3 rings (SSSR count). The number of nitro benzene ring substituents is 1. The summed E-state index contributed by atoms with van der Waals surface area (Å²) in [5.41, 5.74) is 4.77. The predicted molar refractivity (Wildman–Crippen MR) is 83.6 cm³/mol. The van der Waals surface area contributed by atoms with Gasteiger partial charge in [-0.15, -0.1) is 0 Å². The van der Waals surface area contributed by atoms with Crippen LogP contribution in [-0.2, 0) is 6.54 Å². The molecule has 21 heavy (non-hydrogen) atoms.